The molecule has 1 unspecified atom stereocenters. The second kappa shape index (κ2) is 4.06. The number of hydrogen-bond donors (Lipinski definition) is 1. The van der Waals surface area contributed by atoms with Gasteiger partial charge in [-0.05, 0) is 37.6 Å². The van der Waals surface area contributed by atoms with E-state index in [-0.39, 0.29) is 11.4 Å². The monoisotopic (exact) mass is 233 g/mol. The summed E-state index contributed by atoms with van der Waals surface area (Å²) in [7, 11) is 0. The van der Waals surface area contributed by atoms with Crippen molar-refractivity contribution in [2.75, 3.05) is 11.9 Å². The minimum atomic E-state index is -0.245. The van der Waals surface area contributed by atoms with Crippen LogP contribution in [0.4, 0.5) is 5.69 Å². The summed E-state index contributed by atoms with van der Waals surface area (Å²) in [6, 6.07) is 6.10. The van der Waals surface area contributed by atoms with Crippen LogP contribution in [0.1, 0.15) is 43.6 Å². The highest BCUT2D eigenvalue weighted by molar-refractivity contribution is 5.90. The lowest BCUT2D eigenvalue weighted by Gasteiger charge is -2.24. The molecule has 2 rings (SSSR count). The summed E-state index contributed by atoms with van der Waals surface area (Å²) in [5, 5.41) is 3.43. The van der Waals surface area contributed by atoms with Crippen molar-refractivity contribution in [2.24, 2.45) is 0 Å². The SMILES string of the molecule is CCOC(=O)c1ccc2c(c1)C(C)(C)C(C)N2. The molecule has 3 heteroatoms. The molecule has 1 aromatic rings. The molecule has 1 aliphatic rings. The van der Waals surface area contributed by atoms with Gasteiger partial charge in [-0.2, -0.15) is 0 Å². The van der Waals surface area contributed by atoms with E-state index in [2.05, 4.69) is 26.1 Å². The number of fused-ring (bicyclic) bond motifs is 1. The van der Waals surface area contributed by atoms with Crippen LogP contribution >= 0.6 is 0 Å². The summed E-state index contributed by atoms with van der Waals surface area (Å²) in [4.78, 5) is 11.7. The molecule has 1 N–H and O–H groups in total. The Morgan fingerprint density at radius 3 is 2.82 bits per heavy atom. The second-order valence-corrected chi connectivity index (χ2v) is 5.07. The summed E-state index contributed by atoms with van der Waals surface area (Å²) < 4.78 is 5.02. The van der Waals surface area contributed by atoms with Crippen LogP contribution in [0.5, 0.6) is 0 Å². The number of hydrogen-bond acceptors (Lipinski definition) is 3. The third kappa shape index (κ3) is 1.90. The number of ether oxygens (including phenoxy) is 1. The zero-order valence-corrected chi connectivity index (χ0v) is 10.8. The molecule has 0 spiro atoms. The van der Waals surface area contributed by atoms with Crippen LogP contribution in [0.25, 0.3) is 0 Å². The highest BCUT2D eigenvalue weighted by Gasteiger charge is 2.36. The Kier molecular flexibility index (Phi) is 2.86. The average Bonchev–Trinajstić information content (AvgIpc) is 2.50. The number of rotatable bonds is 2. The fraction of sp³-hybridized carbons (Fsp3) is 0.500. The van der Waals surface area contributed by atoms with Crippen LogP contribution in [-0.4, -0.2) is 18.6 Å². The lowest BCUT2D eigenvalue weighted by Crippen LogP contribution is -2.30. The van der Waals surface area contributed by atoms with Crippen LogP contribution in [0, 0.1) is 0 Å². The number of carbonyl (C=O) groups is 1. The molecule has 1 heterocycles. The summed E-state index contributed by atoms with van der Waals surface area (Å²) in [5.41, 5.74) is 2.98. The Hall–Kier alpha value is -1.51. The number of nitrogens with one attached hydrogen (secondary N) is 1. The predicted octanol–water partition coefficient (Wildman–Crippen LogP) is 2.95. The molecule has 0 amide bonds. The molecule has 1 aliphatic heterocycles. The maximum atomic E-state index is 11.7. The molecule has 0 aliphatic carbocycles. The highest BCUT2D eigenvalue weighted by atomic mass is 16.5. The maximum absolute atomic E-state index is 11.7. The molecule has 0 saturated carbocycles. The van der Waals surface area contributed by atoms with Gasteiger partial charge in [-0.25, -0.2) is 4.79 Å². The van der Waals surface area contributed by atoms with Crippen molar-refractivity contribution < 1.29 is 9.53 Å². The molecular formula is C14H19NO2. The highest BCUT2D eigenvalue weighted by Crippen LogP contribution is 2.40. The van der Waals surface area contributed by atoms with Crippen molar-refractivity contribution in [2.45, 2.75) is 39.2 Å². The smallest absolute Gasteiger partial charge is 0.338 e. The first-order chi connectivity index (χ1) is 7.96. The molecular weight excluding hydrogens is 214 g/mol. The quantitative estimate of drug-likeness (QED) is 0.798. The van der Waals surface area contributed by atoms with Crippen molar-refractivity contribution in [1.29, 1.82) is 0 Å². The minimum Gasteiger partial charge on any atom is -0.462 e. The van der Waals surface area contributed by atoms with E-state index >= 15 is 0 Å². The van der Waals surface area contributed by atoms with E-state index in [0.717, 1.165) is 5.69 Å². The fourth-order valence-corrected chi connectivity index (χ4v) is 2.19. The maximum Gasteiger partial charge on any atom is 0.338 e. The topological polar surface area (TPSA) is 38.3 Å². The molecule has 0 fully saturated rings. The first kappa shape index (κ1) is 12.0. The summed E-state index contributed by atoms with van der Waals surface area (Å²) >= 11 is 0. The number of anilines is 1. The first-order valence-electron chi connectivity index (χ1n) is 6.05. The van der Waals surface area contributed by atoms with Gasteiger partial charge in [-0.1, -0.05) is 13.8 Å². The Morgan fingerprint density at radius 1 is 1.47 bits per heavy atom. The third-order valence-electron chi connectivity index (χ3n) is 3.68. The number of carbonyl (C=O) groups excluding carboxylic acids is 1. The molecule has 0 radical (unpaired) electrons. The van der Waals surface area contributed by atoms with Crippen LogP contribution in [-0.2, 0) is 10.2 Å². The van der Waals surface area contributed by atoms with E-state index < -0.39 is 0 Å². The van der Waals surface area contributed by atoms with E-state index in [1.807, 2.05) is 25.1 Å². The van der Waals surface area contributed by atoms with Crippen LogP contribution < -0.4 is 5.32 Å². The van der Waals surface area contributed by atoms with Gasteiger partial charge < -0.3 is 10.1 Å². The van der Waals surface area contributed by atoms with Crippen molar-refractivity contribution >= 4 is 11.7 Å². The van der Waals surface area contributed by atoms with E-state index in [0.29, 0.717) is 18.2 Å². The van der Waals surface area contributed by atoms with Crippen molar-refractivity contribution in [3.63, 3.8) is 0 Å². The molecule has 3 nitrogen and oxygen atoms in total. The Morgan fingerprint density at radius 2 is 2.18 bits per heavy atom. The number of benzene rings is 1. The average molecular weight is 233 g/mol. The first-order valence-corrected chi connectivity index (χ1v) is 6.05. The van der Waals surface area contributed by atoms with Gasteiger partial charge in [0.25, 0.3) is 0 Å². The zero-order valence-electron chi connectivity index (χ0n) is 10.8. The van der Waals surface area contributed by atoms with Gasteiger partial charge in [0, 0.05) is 17.1 Å². The summed E-state index contributed by atoms with van der Waals surface area (Å²) in [6.07, 6.45) is 0. The molecule has 92 valence electrons. The molecule has 17 heavy (non-hydrogen) atoms. The molecule has 1 aromatic carbocycles. The lowest BCUT2D eigenvalue weighted by atomic mass is 9.81. The zero-order chi connectivity index (χ0) is 12.6. The standard InChI is InChI=1S/C14H19NO2/c1-5-17-13(16)10-6-7-12-11(8-10)14(3,4)9(2)15-12/h6-9,15H,5H2,1-4H3. The van der Waals surface area contributed by atoms with E-state index in [9.17, 15) is 4.79 Å². The van der Waals surface area contributed by atoms with Gasteiger partial charge in [0.2, 0.25) is 0 Å². The second-order valence-electron chi connectivity index (χ2n) is 5.07. The largest absolute Gasteiger partial charge is 0.462 e. The van der Waals surface area contributed by atoms with E-state index in [1.165, 1.54) is 5.56 Å². The van der Waals surface area contributed by atoms with E-state index in [1.54, 1.807) is 0 Å². The molecule has 0 aromatic heterocycles. The molecule has 1 atom stereocenters. The predicted molar refractivity (Wildman–Crippen MR) is 68.5 cm³/mol. The van der Waals surface area contributed by atoms with Gasteiger partial charge in [0.1, 0.15) is 0 Å². The Bertz CT molecular complexity index is 452. The normalized spacial score (nSPS) is 20.6. The Labute approximate surface area is 102 Å². The molecule has 0 saturated heterocycles. The van der Waals surface area contributed by atoms with Crippen LogP contribution in [0.3, 0.4) is 0 Å². The lowest BCUT2D eigenvalue weighted by molar-refractivity contribution is 0.0526. The minimum absolute atomic E-state index is 0.0395. The summed E-state index contributed by atoms with van der Waals surface area (Å²) in [6.45, 7) is 8.76. The van der Waals surface area contributed by atoms with Gasteiger partial charge >= 0.3 is 5.97 Å². The van der Waals surface area contributed by atoms with E-state index in [4.69, 9.17) is 4.74 Å². The van der Waals surface area contributed by atoms with Crippen molar-refractivity contribution in [1.82, 2.24) is 0 Å². The van der Waals surface area contributed by atoms with Gasteiger partial charge in [0.05, 0.1) is 12.2 Å². The number of esters is 1. The van der Waals surface area contributed by atoms with Crippen LogP contribution in [0.2, 0.25) is 0 Å². The van der Waals surface area contributed by atoms with Gasteiger partial charge in [0.15, 0.2) is 0 Å². The van der Waals surface area contributed by atoms with Crippen LogP contribution in [0.15, 0.2) is 18.2 Å². The fourth-order valence-electron chi connectivity index (χ4n) is 2.19. The third-order valence-corrected chi connectivity index (χ3v) is 3.68. The summed E-state index contributed by atoms with van der Waals surface area (Å²) in [5.74, 6) is -0.245. The Balaban J connectivity index is 2.39. The van der Waals surface area contributed by atoms with Gasteiger partial charge in [-0.3, -0.25) is 0 Å². The van der Waals surface area contributed by atoms with Crippen molar-refractivity contribution in [3.8, 4) is 0 Å². The van der Waals surface area contributed by atoms with Gasteiger partial charge in [-0.15, -0.1) is 0 Å². The van der Waals surface area contributed by atoms with Crippen molar-refractivity contribution in [3.05, 3.63) is 29.3 Å². The molecule has 0 bridgehead atoms.